The Morgan fingerprint density at radius 2 is 1.83 bits per heavy atom. The lowest BCUT2D eigenvalue weighted by Gasteiger charge is -2.04. The van der Waals surface area contributed by atoms with Crippen molar-refractivity contribution in [1.82, 2.24) is 15.1 Å². The highest BCUT2D eigenvalue weighted by Gasteiger charge is 2.11. The van der Waals surface area contributed by atoms with Gasteiger partial charge in [-0.25, -0.2) is 0 Å². The predicted octanol–water partition coefficient (Wildman–Crippen LogP) is 3.55. The average Bonchev–Trinajstić information content (AvgIpc) is 2.98. The molecule has 3 aromatic rings. The Morgan fingerprint density at radius 1 is 1.09 bits per heavy atom. The zero-order chi connectivity index (χ0) is 16.2. The number of amides is 1. The molecule has 3 rings (SSSR count). The van der Waals surface area contributed by atoms with Crippen LogP contribution in [0.25, 0.3) is 10.9 Å². The topological polar surface area (TPSA) is 46.9 Å². The minimum Gasteiger partial charge on any atom is -0.346 e. The van der Waals surface area contributed by atoms with Crippen LogP contribution < -0.4 is 5.32 Å². The second kappa shape index (κ2) is 6.65. The summed E-state index contributed by atoms with van der Waals surface area (Å²) in [6, 6.07) is 15.8. The molecule has 0 radical (unpaired) electrons. The first-order chi connectivity index (χ1) is 11.2. The molecule has 1 heterocycles. The van der Waals surface area contributed by atoms with Gasteiger partial charge in [0.05, 0.1) is 17.8 Å². The standard InChI is InChI=1S/C19H21N3O/c1-3-14-9-11-15(12-10-14)19(23)20-13-17-16-7-5-6-8-18(16)22(4-2)21-17/h5-12H,3-4,13H2,1-2H3,(H,20,23). The van der Waals surface area contributed by atoms with E-state index in [-0.39, 0.29) is 5.91 Å². The van der Waals surface area contributed by atoms with E-state index in [1.54, 1.807) is 0 Å². The molecule has 0 aliphatic rings. The maximum atomic E-state index is 12.3. The summed E-state index contributed by atoms with van der Waals surface area (Å²) >= 11 is 0. The number of carbonyl (C=O) groups excluding carboxylic acids is 1. The fourth-order valence-corrected chi connectivity index (χ4v) is 2.73. The van der Waals surface area contributed by atoms with Gasteiger partial charge in [-0.3, -0.25) is 9.48 Å². The lowest BCUT2D eigenvalue weighted by Crippen LogP contribution is -2.23. The minimum absolute atomic E-state index is 0.0669. The minimum atomic E-state index is -0.0669. The maximum absolute atomic E-state index is 12.3. The third-order valence-corrected chi connectivity index (χ3v) is 4.07. The molecule has 4 heteroatoms. The number of fused-ring (bicyclic) bond motifs is 1. The van der Waals surface area contributed by atoms with E-state index in [9.17, 15) is 4.79 Å². The zero-order valence-corrected chi connectivity index (χ0v) is 13.5. The van der Waals surface area contributed by atoms with Gasteiger partial charge < -0.3 is 5.32 Å². The number of aryl methyl sites for hydroxylation is 2. The van der Waals surface area contributed by atoms with Gasteiger partial charge in [0, 0.05) is 17.5 Å². The van der Waals surface area contributed by atoms with Crippen molar-refractivity contribution in [2.45, 2.75) is 33.4 Å². The number of rotatable bonds is 5. The second-order valence-corrected chi connectivity index (χ2v) is 5.51. The zero-order valence-electron chi connectivity index (χ0n) is 13.5. The van der Waals surface area contributed by atoms with Crippen molar-refractivity contribution >= 4 is 16.8 Å². The van der Waals surface area contributed by atoms with Gasteiger partial charge in [-0.15, -0.1) is 0 Å². The SMILES string of the molecule is CCc1ccc(C(=O)NCc2nn(CC)c3ccccc23)cc1. The van der Waals surface area contributed by atoms with Gasteiger partial charge in [0.1, 0.15) is 0 Å². The number of nitrogens with zero attached hydrogens (tertiary/aromatic N) is 2. The van der Waals surface area contributed by atoms with Crippen LogP contribution in [0.4, 0.5) is 0 Å². The molecule has 118 valence electrons. The number of hydrogen-bond donors (Lipinski definition) is 1. The van der Waals surface area contributed by atoms with E-state index >= 15 is 0 Å². The highest BCUT2D eigenvalue weighted by Crippen LogP contribution is 2.18. The Kier molecular flexibility index (Phi) is 4.42. The molecule has 4 nitrogen and oxygen atoms in total. The van der Waals surface area contributed by atoms with Gasteiger partial charge >= 0.3 is 0 Å². The Labute approximate surface area is 136 Å². The maximum Gasteiger partial charge on any atom is 0.251 e. The van der Waals surface area contributed by atoms with E-state index in [2.05, 4.69) is 30.3 Å². The summed E-state index contributed by atoms with van der Waals surface area (Å²) in [6.07, 6.45) is 0.975. The number of hydrogen-bond acceptors (Lipinski definition) is 2. The Hall–Kier alpha value is -2.62. The van der Waals surface area contributed by atoms with Crippen molar-refractivity contribution in [2.75, 3.05) is 0 Å². The van der Waals surface area contributed by atoms with Crippen LogP contribution in [0, 0.1) is 0 Å². The van der Waals surface area contributed by atoms with Crippen molar-refractivity contribution in [2.24, 2.45) is 0 Å². The molecule has 0 spiro atoms. The van der Waals surface area contributed by atoms with Crippen molar-refractivity contribution in [3.63, 3.8) is 0 Å². The molecule has 0 saturated carbocycles. The van der Waals surface area contributed by atoms with Crippen molar-refractivity contribution in [1.29, 1.82) is 0 Å². The molecule has 0 unspecified atom stereocenters. The van der Waals surface area contributed by atoms with Crippen LogP contribution >= 0.6 is 0 Å². The summed E-state index contributed by atoms with van der Waals surface area (Å²) in [6.45, 7) is 5.41. The molecule has 0 bridgehead atoms. The summed E-state index contributed by atoms with van der Waals surface area (Å²) < 4.78 is 1.97. The predicted molar refractivity (Wildman–Crippen MR) is 92.4 cm³/mol. The van der Waals surface area contributed by atoms with Crippen LogP contribution in [-0.2, 0) is 19.5 Å². The fourth-order valence-electron chi connectivity index (χ4n) is 2.73. The van der Waals surface area contributed by atoms with Gasteiger partial charge in [0.25, 0.3) is 5.91 Å². The van der Waals surface area contributed by atoms with E-state index in [0.29, 0.717) is 12.1 Å². The third kappa shape index (κ3) is 3.11. The smallest absolute Gasteiger partial charge is 0.251 e. The first-order valence-electron chi connectivity index (χ1n) is 8.04. The molecule has 0 fully saturated rings. The van der Waals surface area contributed by atoms with Crippen LogP contribution in [0.1, 0.15) is 35.5 Å². The van der Waals surface area contributed by atoms with E-state index in [0.717, 1.165) is 29.6 Å². The number of para-hydroxylation sites is 1. The number of aromatic nitrogens is 2. The van der Waals surface area contributed by atoms with Gasteiger partial charge in [-0.05, 0) is 37.1 Å². The molecule has 1 aromatic heterocycles. The summed E-state index contributed by atoms with van der Waals surface area (Å²) in [5.41, 5.74) is 3.92. The van der Waals surface area contributed by atoms with E-state index in [4.69, 9.17) is 0 Å². The molecule has 0 aliphatic carbocycles. The van der Waals surface area contributed by atoms with Gasteiger partial charge in [0.2, 0.25) is 0 Å². The van der Waals surface area contributed by atoms with Gasteiger partial charge in [0.15, 0.2) is 0 Å². The van der Waals surface area contributed by atoms with Crippen LogP contribution in [0.15, 0.2) is 48.5 Å². The summed E-state index contributed by atoms with van der Waals surface area (Å²) in [7, 11) is 0. The highest BCUT2D eigenvalue weighted by atomic mass is 16.1. The molecule has 0 saturated heterocycles. The van der Waals surface area contributed by atoms with E-state index in [1.165, 1.54) is 5.56 Å². The van der Waals surface area contributed by atoms with Crippen molar-refractivity contribution < 1.29 is 4.79 Å². The first-order valence-corrected chi connectivity index (χ1v) is 8.04. The Balaban J connectivity index is 1.76. The molecule has 1 amide bonds. The molecule has 23 heavy (non-hydrogen) atoms. The lowest BCUT2D eigenvalue weighted by molar-refractivity contribution is 0.0950. The molecule has 0 aliphatic heterocycles. The number of nitrogens with one attached hydrogen (secondary N) is 1. The van der Waals surface area contributed by atoms with Crippen LogP contribution in [0.5, 0.6) is 0 Å². The normalized spacial score (nSPS) is 10.9. The van der Waals surface area contributed by atoms with E-state index < -0.39 is 0 Å². The molecular formula is C19H21N3O. The summed E-state index contributed by atoms with van der Waals surface area (Å²) in [5.74, 6) is -0.0669. The van der Waals surface area contributed by atoms with Crippen LogP contribution in [0.2, 0.25) is 0 Å². The summed E-state index contributed by atoms with van der Waals surface area (Å²) in [5, 5.41) is 8.66. The number of benzene rings is 2. The lowest BCUT2D eigenvalue weighted by atomic mass is 10.1. The second-order valence-electron chi connectivity index (χ2n) is 5.51. The molecule has 1 N–H and O–H groups in total. The number of carbonyl (C=O) groups is 1. The molecule has 2 aromatic carbocycles. The highest BCUT2D eigenvalue weighted by molar-refractivity contribution is 5.94. The Bertz CT molecular complexity index is 818. The third-order valence-electron chi connectivity index (χ3n) is 4.07. The quantitative estimate of drug-likeness (QED) is 0.783. The van der Waals surface area contributed by atoms with E-state index in [1.807, 2.05) is 47.1 Å². The van der Waals surface area contributed by atoms with Crippen LogP contribution in [-0.4, -0.2) is 15.7 Å². The van der Waals surface area contributed by atoms with Gasteiger partial charge in [-0.1, -0.05) is 37.3 Å². The van der Waals surface area contributed by atoms with Crippen molar-refractivity contribution in [3.8, 4) is 0 Å². The summed E-state index contributed by atoms with van der Waals surface area (Å²) in [4.78, 5) is 12.3. The molecule has 0 atom stereocenters. The molecular weight excluding hydrogens is 286 g/mol. The largest absolute Gasteiger partial charge is 0.346 e. The Morgan fingerprint density at radius 3 is 2.52 bits per heavy atom. The van der Waals surface area contributed by atoms with Gasteiger partial charge in [-0.2, -0.15) is 5.10 Å². The monoisotopic (exact) mass is 307 g/mol. The fraction of sp³-hybridized carbons (Fsp3) is 0.263. The first kappa shape index (κ1) is 15.3. The average molecular weight is 307 g/mol. The van der Waals surface area contributed by atoms with Crippen molar-refractivity contribution in [3.05, 3.63) is 65.4 Å². The van der Waals surface area contributed by atoms with Crippen LogP contribution in [0.3, 0.4) is 0 Å².